The summed E-state index contributed by atoms with van der Waals surface area (Å²) in [6.45, 7) is 12.4. The van der Waals surface area contributed by atoms with Crippen LogP contribution in [0, 0.1) is 5.41 Å². The molecule has 0 bridgehead atoms. The van der Waals surface area contributed by atoms with E-state index in [9.17, 15) is 9.59 Å². The molecule has 1 spiro atoms. The van der Waals surface area contributed by atoms with Crippen molar-refractivity contribution in [3.8, 4) is 0 Å². The average molecular weight is 417 g/mol. The van der Waals surface area contributed by atoms with Crippen LogP contribution in [-0.4, -0.2) is 62.1 Å². The largest absolute Gasteiger partial charge is 0.454 e. The second-order valence-electron chi connectivity index (χ2n) is 9.06. The van der Waals surface area contributed by atoms with E-state index in [0.717, 1.165) is 12.8 Å². The van der Waals surface area contributed by atoms with Gasteiger partial charge in [0.15, 0.2) is 23.8 Å². The quantitative estimate of drug-likeness (QED) is 0.558. The predicted octanol–water partition coefficient (Wildman–Crippen LogP) is 2.96. The third-order valence-corrected chi connectivity index (χ3v) is 4.96. The van der Waals surface area contributed by atoms with Gasteiger partial charge in [-0.05, 0) is 40.5 Å². The summed E-state index contributed by atoms with van der Waals surface area (Å²) < 4.78 is 34.6. The molecule has 0 amide bonds. The maximum absolute atomic E-state index is 11.8. The van der Waals surface area contributed by atoms with E-state index in [-0.39, 0.29) is 11.9 Å². The summed E-state index contributed by atoms with van der Waals surface area (Å²) in [7, 11) is 0. The Morgan fingerprint density at radius 2 is 1.07 bits per heavy atom. The Balaban J connectivity index is 1.85. The lowest BCUT2D eigenvalue weighted by atomic mass is 9.89. The monoisotopic (exact) mass is 416 g/mol. The topological polar surface area (TPSA) is 89.5 Å². The highest BCUT2D eigenvalue weighted by Gasteiger charge is 2.49. The van der Waals surface area contributed by atoms with Crippen molar-refractivity contribution in [3.63, 3.8) is 0 Å². The van der Waals surface area contributed by atoms with Crippen LogP contribution in [0.15, 0.2) is 0 Å². The van der Waals surface area contributed by atoms with Crippen LogP contribution in [0.4, 0.5) is 0 Å². The highest BCUT2D eigenvalue weighted by molar-refractivity contribution is 5.70. The molecule has 0 aliphatic carbocycles. The summed E-state index contributed by atoms with van der Waals surface area (Å²) in [5.41, 5.74) is -2.22. The van der Waals surface area contributed by atoms with Crippen LogP contribution >= 0.6 is 0 Å². The number of hydrogen-bond acceptors (Lipinski definition) is 8. The number of rotatable bonds is 8. The molecule has 0 atom stereocenters. The van der Waals surface area contributed by atoms with Gasteiger partial charge in [0, 0.05) is 12.8 Å². The van der Waals surface area contributed by atoms with E-state index >= 15 is 0 Å². The molecule has 2 saturated heterocycles. The van der Waals surface area contributed by atoms with Crippen LogP contribution < -0.4 is 0 Å². The second kappa shape index (κ2) is 9.73. The molecule has 0 aromatic heterocycles. The molecule has 8 nitrogen and oxygen atoms in total. The minimum absolute atomic E-state index is 0.267. The van der Waals surface area contributed by atoms with Gasteiger partial charge < -0.3 is 28.4 Å². The van der Waals surface area contributed by atoms with Gasteiger partial charge in [0.25, 0.3) is 0 Å². The summed E-state index contributed by atoms with van der Waals surface area (Å²) in [6.07, 6.45) is 0.870. The van der Waals surface area contributed by atoms with Gasteiger partial charge in [0.05, 0.1) is 31.8 Å². The smallest absolute Gasteiger partial charge is 0.306 e. The van der Waals surface area contributed by atoms with Crippen LogP contribution in [0.2, 0.25) is 0 Å². The molecule has 168 valence electrons. The van der Waals surface area contributed by atoms with Crippen molar-refractivity contribution >= 4 is 11.9 Å². The summed E-state index contributed by atoms with van der Waals surface area (Å²) in [6, 6.07) is 0. The zero-order valence-corrected chi connectivity index (χ0v) is 18.6. The summed E-state index contributed by atoms with van der Waals surface area (Å²) in [5, 5.41) is 0. The first kappa shape index (κ1) is 24.1. The molecule has 0 N–H and O–H groups in total. The Labute approximate surface area is 173 Å². The van der Waals surface area contributed by atoms with Crippen molar-refractivity contribution < 1.29 is 38.0 Å². The molecule has 0 aromatic carbocycles. The van der Waals surface area contributed by atoms with Crippen molar-refractivity contribution in [2.24, 2.45) is 5.41 Å². The lowest BCUT2D eigenvalue weighted by Crippen LogP contribution is -2.59. The average Bonchev–Trinajstić information content (AvgIpc) is 2.62. The molecule has 2 fully saturated rings. The van der Waals surface area contributed by atoms with Gasteiger partial charge in [0.2, 0.25) is 0 Å². The van der Waals surface area contributed by atoms with Crippen molar-refractivity contribution in [2.45, 2.75) is 91.0 Å². The number of carbonyl (C=O) groups is 2. The van der Waals surface area contributed by atoms with Crippen molar-refractivity contribution in [2.75, 3.05) is 26.4 Å². The van der Waals surface area contributed by atoms with Gasteiger partial charge in [-0.25, -0.2) is 0 Å². The minimum atomic E-state index is -0.887. The maximum Gasteiger partial charge on any atom is 0.306 e. The molecule has 0 saturated carbocycles. The van der Waals surface area contributed by atoms with Gasteiger partial charge in [-0.1, -0.05) is 13.8 Å². The normalized spacial score (nSPS) is 28.2. The van der Waals surface area contributed by atoms with Crippen LogP contribution in [0.3, 0.4) is 0 Å². The molecule has 2 heterocycles. The van der Waals surface area contributed by atoms with Gasteiger partial charge >= 0.3 is 11.9 Å². The van der Waals surface area contributed by atoms with Crippen LogP contribution in [-0.2, 0) is 38.0 Å². The first-order valence-electron chi connectivity index (χ1n) is 10.4. The Morgan fingerprint density at radius 3 is 1.34 bits per heavy atom. The van der Waals surface area contributed by atoms with E-state index in [4.69, 9.17) is 28.4 Å². The Kier molecular flexibility index (Phi) is 8.07. The fourth-order valence-electron chi connectivity index (χ4n) is 3.35. The summed E-state index contributed by atoms with van der Waals surface area (Å²) in [5.74, 6) is -0.533. The molecular weight excluding hydrogens is 380 g/mol. The Bertz CT molecular complexity index is 502. The third kappa shape index (κ3) is 6.38. The van der Waals surface area contributed by atoms with E-state index in [1.807, 2.05) is 13.8 Å². The lowest BCUT2D eigenvalue weighted by Gasteiger charge is -2.48. The molecule has 8 heteroatoms. The molecule has 0 radical (unpaired) electrons. The van der Waals surface area contributed by atoms with Crippen molar-refractivity contribution in [3.05, 3.63) is 0 Å². The summed E-state index contributed by atoms with van der Waals surface area (Å²) >= 11 is 0. The minimum Gasteiger partial charge on any atom is -0.454 e. The first-order chi connectivity index (χ1) is 13.5. The van der Waals surface area contributed by atoms with Crippen LogP contribution in [0.1, 0.15) is 67.2 Å². The number of esters is 2. The highest BCUT2D eigenvalue weighted by atomic mass is 16.7. The molecule has 2 aliphatic heterocycles. The standard InChI is InChI=1S/C21H36O8/c1-7-9-15(22)28-19(3,4)17-24-11-21(12-25-17)13-26-18(27-14-21)20(5,6)29-16(23)10-8-2/h17-18H,7-14H2,1-6H3. The fourth-order valence-corrected chi connectivity index (χ4v) is 3.35. The van der Waals surface area contributed by atoms with E-state index in [1.54, 1.807) is 27.7 Å². The van der Waals surface area contributed by atoms with Crippen LogP contribution in [0.5, 0.6) is 0 Å². The van der Waals surface area contributed by atoms with E-state index < -0.39 is 29.2 Å². The first-order valence-corrected chi connectivity index (χ1v) is 10.4. The molecule has 2 rings (SSSR count). The second-order valence-corrected chi connectivity index (χ2v) is 9.06. The molecular formula is C21H36O8. The van der Waals surface area contributed by atoms with E-state index in [2.05, 4.69) is 0 Å². The molecule has 2 aliphatic rings. The molecule has 0 aromatic rings. The maximum atomic E-state index is 11.8. The molecule has 29 heavy (non-hydrogen) atoms. The third-order valence-electron chi connectivity index (χ3n) is 4.96. The zero-order valence-electron chi connectivity index (χ0n) is 18.6. The SMILES string of the molecule is CCCC(=O)OC(C)(C)C1OCC2(CO1)COC(C(C)(C)OC(=O)CCC)OC2. The lowest BCUT2D eigenvalue weighted by molar-refractivity contribution is -0.345. The van der Waals surface area contributed by atoms with Gasteiger partial charge in [-0.15, -0.1) is 0 Å². The highest BCUT2D eigenvalue weighted by Crippen LogP contribution is 2.36. The van der Waals surface area contributed by atoms with Gasteiger partial charge in [0.1, 0.15) is 0 Å². The fraction of sp³-hybridized carbons (Fsp3) is 0.905. The Morgan fingerprint density at radius 1 is 0.759 bits per heavy atom. The zero-order chi connectivity index (χ0) is 21.7. The van der Waals surface area contributed by atoms with Crippen molar-refractivity contribution in [1.82, 2.24) is 0 Å². The van der Waals surface area contributed by atoms with E-state index in [1.165, 1.54) is 0 Å². The van der Waals surface area contributed by atoms with Gasteiger partial charge in [-0.3, -0.25) is 9.59 Å². The number of ether oxygens (including phenoxy) is 6. The Hall–Kier alpha value is -1.22. The number of hydrogen-bond donors (Lipinski definition) is 0. The predicted molar refractivity (Wildman–Crippen MR) is 104 cm³/mol. The number of carbonyl (C=O) groups excluding carboxylic acids is 2. The van der Waals surface area contributed by atoms with Crippen molar-refractivity contribution in [1.29, 1.82) is 0 Å². The van der Waals surface area contributed by atoms with Crippen LogP contribution in [0.25, 0.3) is 0 Å². The van der Waals surface area contributed by atoms with Gasteiger partial charge in [-0.2, -0.15) is 0 Å². The summed E-state index contributed by atoms with van der Waals surface area (Å²) in [4.78, 5) is 23.7. The molecule has 0 unspecified atom stereocenters. The van der Waals surface area contributed by atoms with E-state index in [0.29, 0.717) is 39.3 Å².